The van der Waals surface area contributed by atoms with Gasteiger partial charge in [0.15, 0.2) is 0 Å². The Morgan fingerprint density at radius 1 is 1.11 bits per heavy atom. The van der Waals surface area contributed by atoms with E-state index in [9.17, 15) is 20.0 Å². The average molecular weight is 493 g/mol. The molecular formula is C27H28N2O7. The van der Waals surface area contributed by atoms with Crippen LogP contribution in [0.4, 0.5) is 11.4 Å². The number of aliphatic hydroxyl groups excluding tert-OH is 1. The number of anilines is 1. The maximum Gasteiger partial charge on any atom is 0.296 e. The van der Waals surface area contributed by atoms with Gasteiger partial charge < -0.3 is 24.6 Å². The van der Waals surface area contributed by atoms with Crippen LogP contribution in [0.3, 0.4) is 0 Å². The smallest absolute Gasteiger partial charge is 0.296 e. The molecule has 9 nitrogen and oxygen atoms in total. The second-order valence-corrected chi connectivity index (χ2v) is 9.10. The molecule has 0 spiro atoms. The number of fused-ring (bicyclic) bond motifs is 1. The number of aliphatic hydroxyl groups is 1. The molecule has 2 atom stereocenters. The second kappa shape index (κ2) is 10.3. The highest BCUT2D eigenvalue weighted by molar-refractivity contribution is 5.95. The van der Waals surface area contributed by atoms with Gasteiger partial charge in [0.25, 0.3) is 5.69 Å². The summed E-state index contributed by atoms with van der Waals surface area (Å²) in [5, 5.41) is 25.5. The first-order valence-electron chi connectivity index (χ1n) is 11.5. The van der Waals surface area contributed by atoms with Gasteiger partial charge in [0.1, 0.15) is 35.0 Å². The van der Waals surface area contributed by atoms with Gasteiger partial charge in [-0.15, -0.1) is 0 Å². The summed E-state index contributed by atoms with van der Waals surface area (Å²) < 4.78 is 17.1. The predicted molar refractivity (Wildman–Crippen MR) is 133 cm³/mol. The number of hydrogen-bond donors (Lipinski definition) is 2. The average Bonchev–Trinajstić information content (AvgIpc) is 2.85. The third-order valence-electron chi connectivity index (χ3n) is 6.07. The molecule has 9 heteroatoms. The van der Waals surface area contributed by atoms with Crippen LogP contribution in [0, 0.1) is 10.1 Å². The molecule has 0 aliphatic carbocycles. The summed E-state index contributed by atoms with van der Waals surface area (Å²) in [6.45, 7) is 3.60. The van der Waals surface area contributed by atoms with E-state index >= 15 is 0 Å². The van der Waals surface area contributed by atoms with Crippen molar-refractivity contribution in [2.75, 3.05) is 12.4 Å². The van der Waals surface area contributed by atoms with E-state index in [4.69, 9.17) is 14.2 Å². The van der Waals surface area contributed by atoms with E-state index in [0.29, 0.717) is 11.3 Å². The Balaban J connectivity index is 1.63. The van der Waals surface area contributed by atoms with Gasteiger partial charge in [0.2, 0.25) is 5.91 Å². The van der Waals surface area contributed by atoms with Gasteiger partial charge in [0.05, 0.1) is 31.1 Å². The van der Waals surface area contributed by atoms with E-state index in [1.54, 1.807) is 45.2 Å². The van der Waals surface area contributed by atoms with Gasteiger partial charge in [-0.25, -0.2) is 0 Å². The Hall–Kier alpha value is -3.95. The summed E-state index contributed by atoms with van der Waals surface area (Å²) >= 11 is 0. The molecule has 1 heterocycles. The molecule has 0 radical (unpaired) electrons. The lowest BCUT2D eigenvalue weighted by atomic mass is 9.88. The number of amides is 1. The number of nitro benzene ring substituents is 1. The van der Waals surface area contributed by atoms with Crippen LogP contribution in [0.2, 0.25) is 0 Å². The molecule has 0 fully saturated rings. The van der Waals surface area contributed by atoms with Crippen molar-refractivity contribution >= 4 is 17.3 Å². The van der Waals surface area contributed by atoms with Crippen molar-refractivity contribution in [2.24, 2.45) is 0 Å². The maximum absolute atomic E-state index is 12.8. The quantitative estimate of drug-likeness (QED) is 0.349. The molecule has 3 aromatic rings. The Kier molecular flexibility index (Phi) is 7.23. The molecule has 1 amide bonds. The van der Waals surface area contributed by atoms with Crippen LogP contribution < -0.4 is 14.8 Å². The molecule has 1 aliphatic heterocycles. The van der Waals surface area contributed by atoms with Crippen molar-refractivity contribution in [3.8, 4) is 11.5 Å². The first-order chi connectivity index (χ1) is 17.2. The summed E-state index contributed by atoms with van der Waals surface area (Å²) in [7, 11) is 1.55. The number of nitro groups is 1. The SMILES string of the molecule is COc1ccc(CC(=O)Nc2cc3c(cc2[N+](=O)[O-])OC(C)(C)[C@@H](O)[C@@H]3OCc2ccccc2)cc1. The lowest BCUT2D eigenvalue weighted by Gasteiger charge is -2.41. The standard InChI is InChI=1S/C27H28N2O7/c1-27(2)26(31)25(35-16-18-7-5-4-6-8-18)20-14-21(22(29(32)33)15-23(20)36-27)28-24(30)13-17-9-11-19(34-3)12-10-17/h4-12,14-15,25-26,31H,13,16H2,1-3H3,(H,28,30)/t25-,26+/m1/s1. The van der Waals surface area contributed by atoms with Crippen LogP contribution >= 0.6 is 0 Å². The molecular weight excluding hydrogens is 464 g/mol. The molecule has 36 heavy (non-hydrogen) atoms. The molecule has 3 aromatic carbocycles. The number of nitrogens with one attached hydrogen (secondary N) is 1. The second-order valence-electron chi connectivity index (χ2n) is 9.10. The molecule has 4 rings (SSSR count). The van der Waals surface area contributed by atoms with Crippen LogP contribution in [0.1, 0.15) is 36.6 Å². The fraction of sp³-hybridized carbons (Fsp3) is 0.296. The zero-order valence-electron chi connectivity index (χ0n) is 20.3. The number of benzene rings is 3. The molecule has 0 aromatic heterocycles. The van der Waals surface area contributed by atoms with E-state index in [0.717, 1.165) is 11.1 Å². The summed E-state index contributed by atoms with van der Waals surface area (Å²) in [4.78, 5) is 24.0. The lowest BCUT2D eigenvalue weighted by molar-refractivity contribution is -0.384. The first-order valence-corrected chi connectivity index (χ1v) is 11.5. The Morgan fingerprint density at radius 3 is 2.44 bits per heavy atom. The molecule has 0 unspecified atom stereocenters. The summed E-state index contributed by atoms with van der Waals surface area (Å²) in [6, 6.07) is 19.2. The van der Waals surface area contributed by atoms with Gasteiger partial charge in [-0.2, -0.15) is 0 Å². The minimum absolute atomic E-state index is 0.000999. The normalized spacial score (nSPS) is 18.0. The highest BCUT2D eigenvalue weighted by atomic mass is 16.6. The van der Waals surface area contributed by atoms with Crippen molar-refractivity contribution in [1.29, 1.82) is 0 Å². The fourth-order valence-corrected chi connectivity index (χ4v) is 4.09. The molecule has 0 bridgehead atoms. The number of hydrogen-bond acceptors (Lipinski definition) is 7. The van der Waals surface area contributed by atoms with Gasteiger partial charge in [0, 0.05) is 5.56 Å². The van der Waals surface area contributed by atoms with E-state index in [1.165, 1.54) is 12.1 Å². The number of ether oxygens (including phenoxy) is 3. The van der Waals surface area contributed by atoms with Crippen molar-refractivity contribution in [3.63, 3.8) is 0 Å². The monoisotopic (exact) mass is 492 g/mol. The van der Waals surface area contributed by atoms with Crippen molar-refractivity contribution < 1.29 is 29.0 Å². The summed E-state index contributed by atoms with van der Waals surface area (Å²) in [5.41, 5.74) is 0.681. The lowest BCUT2D eigenvalue weighted by Crippen LogP contribution is -2.49. The summed E-state index contributed by atoms with van der Waals surface area (Å²) in [6.07, 6.45) is -1.88. The zero-order valence-corrected chi connectivity index (χ0v) is 20.3. The minimum atomic E-state index is -1.06. The van der Waals surface area contributed by atoms with Crippen molar-refractivity contribution in [3.05, 3.63) is 93.5 Å². The Labute approximate surface area is 208 Å². The van der Waals surface area contributed by atoms with E-state index in [1.807, 2.05) is 30.3 Å². The van der Waals surface area contributed by atoms with E-state index in [-0.39, 0.29) is 30.2 Å². The van der Waals surface area contributed by atoms with Crippen molar-refractivity contribution in [1.82, 2.24) is 0 Å². The first kappa shape index (κ1) is 25.2. The maximum atomic E-state index is 12.8. The van der Waals surface area contributed by atoms with Gasteiger partial charge in [-0.05, 0) is 43.2 Å². The van der Waals surface area contributed by atoms with Gasteiger partial charge in [-0.1, -0.05) is 42.5 Å². The fourth-order valence-electron chi connectivity index (χ4n) is 4.09. The molecule has 0 saturated heterocycles. The number of methoxy groups -OCH3 is 1. The van der Waals surface area contributed by atoms with Crippen LogP contribution in [-0.2, 0) is 22.6 Å². The Bertz CT molecular complexity index is 1240. The largest absolute Gasteiger partial charge is 0.497 e. The van der Waals surface area contributed by atoms with Crippen molar-refractivity contribution in [2.45, 2.75) is 44.7 Å². The van der Waals surface area contributed by atoms with Crippen LogP contribution in [0.25, 0.3) is 0 Å². The van der Waals surface area contributed by atoms with Gasteiger partial charge >= 0.3 is 0 Å². The topological polar surface area (TPSA) is 120 Å². The van der Waals surface area contributed by atoms with E-state index < -0.39 is 28.6 Å². The predicted octanol–water partition coefficient (Wildman–Crippen LogP) is 4.57. The van der Waals surface area contributed by atoms with Crippen LogP contribution in [0.15, 0.2) is 66.7 Å². The molecule has 2 N–H and O–H groups in total. The highest BCUT2D eigenvalue weighted by Crippen LogP contribution is 2.46. The number of nitrogens with zero attached hydrogens (tertiary/aromatic N) is 1. The Morgan fingerprint density at radius 2 is 1.81 bits per heavy atom. The molecule has 1 aliphatic rings. The number of carbonyl (C=O) groups excluding carboxylic acids is 1. The zero-order chi connectivity index (χ0) is 25.9. The highest BCUT2D eigenvalue weighted by Gasteiger charge is 2.45. The molecule has 0 saturated carbocycles. The number of rotatable bonds is 8. The van der Waals surface area contributed by atoms with Gasteiger partial charge in [-0.3, -0.25) is 14.9 Å². The number of carbonyl (C=O) groups is 1. The summed E-state index contributed by atoms with van der Waals surface area (Å²) in [5.74, 6) is 0.457. The van der Waals surface area contributed by atoms with E-state index in [2.05, 4.69) is 5.32 Å². The third kappa shape index (κ3) is 5.48. The molecule has 188 valence electrons. The third-order valence-corrected chi connectivity index (χ3v) is 6.07. The van der Waals surface area contributed by atoms with Crippen LogP contribution in [0.5, 0.6) is 11.5 Å². The minimum Gasteiger partial charge on any atom is -0.497 e. The van der Waals surface area contributed by atoms with Crippen LogP contribution in [-0.4, -0.2) is 34.8 Å².